The molecule has 0 aliphatic carbocycles. The molecule has 168 valence electrons. The van der Waals surface area contributed by atoms with Gasteiger partial charge < -0.3 is 15.5 Å². The molecular formula is C25H48N4. The van der Waals surface area contributed by atoms with Crippen LogP contribution < -0.4 is 10.6 Å². The second-order valence-corrected chi connectivity index (χ2v) is 7.73. The van der Waals surface area contributed by atoms with Crippen molar-refractivity contribution in [3.63, 3.8) is 0 Å². The number of unbranched alkanes of at least 4 members (excludes halogenated alkanes) is 1. The fourth-order valence-corrected chi connectivity index (χ4v) is 2.90. The van der Waals surface area contributed by atoms with Gasteiger partial charge in [0.15, 0.2) is 0 Å². The van der Waals surface area contributed by atoms with E-state index in [-0.39, 0.29) is 0 Å². The van der Waals surface area contributed by atoms with Gasteiger partial charge in [0.2, 0.25) is 0 Å². The number of allylic oxidation sites excluding steroid dienone is 2. The van der Waals surface area contributed by atoms with Crippen molar-refractivity contribution >= 4 is 5.84 Å². The van der Waals surface area contributed by atoms with Gasteiger partial charge in [-0.1, -0.05) is 73.8 Å². The third-order valence-electron chi connectivity index (χ3n) is 5.03. The Hall–Kier alpha value is -1.55. The molecule has 0 aromatic heterocycles. The summed E-state index contributed by atoms with van der Waals surface area (Å²) in [5.74, 6) is 1.53. The molecule has 2 rings (SSSR count). The summed E-state index contributed by atoms with van der Waals surface area (Å²) >= 11 is 0. The predicted octanol–water partition coefficient (Wildman–Crippen LogP) is 6.24. The molecule has 0 spiro atoms. The summed E-state index contributed by atoms with van der Waals surface area (Å²) in [5.41, 5.74) is 4.02. The molecule has 0 bridgehead atoms. The van der Waals surface area contributed by atoms with Gasteiger partial charge in [-0.3, -0.25) is 0 Å². The Morgan fingerprint density at radius 1 is 1.14 bits per heavy atom. The molecular weight excluding hydrogens is 356 g/mol. The van der Waals surface area contributed by atoms with Crippen molar-refractivity contribution in [1.29, 1.82) is 0 Å². The molecule has 0 aromatic rings. The van der Waals surface area contributed by atoms with Crippen molar-refractivity contribution in [1.82, 2.24) is 15.5 Å². The fraction of sp³-hybridized carbons (Fsp3) is 0.720. The van der Waals surface area contributed by atoms with Crippen LogP contribution >= 0.6 is 0 Å². The summed E-state index contributed by atoms with van der Waals surface area (Å²) in [6.07, 6.45) is 12.2. The fourth-order valence-electron chi connectivity index (χ4n) is 2.90. The smallest absolute Gasteiger partial charge is 0.139 e. The summed E-state index contributed by atoms with van der Waals surface area (Å²) in [6, 6.07) is 0. The zero-order chi connectivity index (χ0) is 22.1. The first kappa shape index (κ1) is 27.5. The van der Waals surface area contributed by atoms with E-state index < -0.39 is 0 Å². The van der Waals surface area contributed by atoms with Gasteiger partial charge in [-0.15, -0.1) is 0 Å². The lowest BCUT2D eigenvalue weighted by molar-refractivity contribution is 0.298. The van der Waals surface area contributed by atoms with Crippen molar-refractivity contribution in [3.8, 4) is 0 Å². The highest BCUT2D eigenvalue weighted by Gasteiger charge is 2.25. The van der Waals surface area contributed by atoms with Crippen LogP contribution in [-0.2, 0) is 0 Å². The molecule has 4 heteroatoms. The average Bonchev–Trinajstić information content (AvgIpc) is 3.18. The molecule has 0 amide bonds. The van der Waals surface area contributed by atoms with E-state index in [1.807, 2.05) is 6.20 Å². The normalized spacial score (nSPS) is 18.8. The zero-order valence-electron chi connectivity index (χ0n) is 20.6. The zero-order valence-corrected chi connectivity index (χ0v) is 20.6. The number of amidine groups is 1. The van der Waals surface area contributed by atoms with Gasteiger partial charge >= 0.3 is 0 Å². The highest BCUT2D eigenvalue weighted by atomic mass is 15.2. The topological polar surface area (TPSA) is 39.7 Å². The van der Waals surface area contributed by atoms with Gasteiger partial charge in [-0.25, -0.2) is 4.99 Å². The first-order valence-corrected chi connectivity index (χ1v) is 11.9. The Labute approximate surface area is 181 Å². The number of hydrogen-bond donors (Lipinski definition) is 2. The molecule has 2 aliphatic heterocycles. The van der Waals surface area contributed by atoms with E-state index in [1.54, 1.807) is 0 Å². The molecule has 1 fully saturated rings. The molecule has 0 aromatic carbocycles. The van der Waals surface area contributed by atoms with Crippen molar-refractivity contribution < 1.29 is 0 Å². The van der Waals surface area contributed by atoms with Crippen LogP contribution in [0.25, 0.3) is 0 Å². The molecule has 1 saturated heterocycles. The first-order chi connectivity index (χ1) is 14.0. The largest absolute Gasteiger partial charge is 0.372 e. The Morgan fingerprint density at radius 3 is 2.21 bits per heavy atom. The summed E-state index contributed by atoms with van der Waals surface area (Å²) in [7, 11) is 0. The predicted molar refractivity (Wildman–Crippen MR) is 131 cm³/mol. The van der Waals surface area contributed by atoms with E-state index in [9.17, 15) is 0 Å². The van der Waals surface area contributed by atoms with E-state index in [1.165, 1.54) is 36.1 Å². The van der Waals surface area contributed by atoms with E-state index >= 15 is 0 Å². The van der Waals surface area contributed by atoms with Gasteiger partial charge in [-0.05, 0) is 37.5 Å². The van der Waals surface area contributed by atoms with Crippen molar-refractivity contribution in [2.24, 2.45) is 10.9 Å². The van der Waals surface area contributed by atoms with Crippen LogP contribution in [0, 0.1) is 5.92 Å². The Bertz CT molecular complexity index is 535. The van der Waals surface area contributed by atoms with Crippen molar-refractivity contribution in [3.05, 3.63) is 35.3 Å². The van der Waals surface area contributed by atoms with E-state index in [0.717, 1.165) is 44.9 Å². The second kappa shape index (κ2) is 17.3. The summed E-state index contributed by atoms with van der Waals surface area (Å²) in [5, 5.41) is 6.80. The minimum absolute atomic E-state index is 0.533. The summed E-state index contributed by atoms with van der Waals surface area (Å²) in [4.78, 5) is 7.13. The van der Waals surface area contributed by atoms with Crippen LogP contribution in [-0.4, -0.2) is 36.9 Å². The molecule has 4 nitrogen and oxygen atoms in total. The lowest BCUT2D eigenvalue weighted by Gasteiger charge is -2.32. The van der Waals surface area contributed by atoms with Gasteiger partial charge in [0.05, 0.1) is 0 Å². The number of nitrogens with one attached hydrogen (secondary N) is 2. The monoisotopic (exact) mass is 404 g/mol. The molecule has 1 atom stereocenters. The third kappa shape index (κ3) is 10.2. The minimum atomic E-state index is 0.533. The molecule has 0 saturated carbocycles. The van der Waals surface area contributed by atoms with Crippen LogP contribution in [0.1, 0.15) is 87.5 Å². The maximum atomic E-state index is 4.65. The van der Waals surface area contributed by atoms with Crippen molar-refractivity contribution in [2.45, 2.75) is 87.5 Å². The van der Waals surface area contributed by atoms with Crippen LogP contribution in [0.5, 0.6) is 0 Å². The first-order valence-electron chi connectivity index (χ1n) is 11.9. The number of nitrogens with zero attached hydrogens (tertiary/aromatic N) is 2. The van der Waals surface area contributed by atoms with E-state index in [0.29, 0.717) is 5.92 Å². The molecule has 2 N–H and O–H groups in total. The highest BCUT2D eigenvalue weighted by Crippen LogP contribution is 2.31. The number of hydrogen-bond acceptors (Lipinski definition) is 4. The maximum absolute atomic E-state index is 4.65. The average molecular weight is 405 g/mol. The second-order valence-electron chi connectivity index (χ2n) is 7.73. The summed E-state index contributed by atoms with van der Waals surface area (Å²) in [6.45, 7) is 21.8. The lowest BCUT2D eigenvalue weighted by atomic mass is 9.91. The van der Waals surface area contributed by atoms with Gasteiger partial charge in [0.25, 0.3) is 0 Å². The summed E-state index contributed by atoms with van der Waals surface area (Å²) < 4.78 is 0. The van der Waals surface area contributed by atoms with E-state index in [2.05, 4.69) is 88.2 Å². The maximum Gasteiger partial charge on any atom is 0.139 e. The van der Waals surface area contributed by atoms with E-state index in [4.69, 9.17) is 0 Å². The molecule has 1 unspecified atom stereocenters. The van der Waals surface area contributed by atoms with Gasteiger partial charge in [0.1, 0.15) is 5.84 Å². The van der Waals surface area contributed by atoms with Crippen LogP contribution in [0.3, 0.4) is 0 Å². The van der Waals surface area contributed by atoms with Crippen LogP contribution in [0.4, 0.5) is 0 Å². The standard InChI is InChI=1S/C18H30N4.C4H10.C3H8/c1-5-7-8-20-18-17(16(13-21-18)14(3)6-2)15(4)22-11-9-19-10-12-22;1-3-4-2;1-3-2/h7-8,13-14,19H,5-6,9-12H2,1-4H3,(H,20,21);3-4H2,1-2H3;3H2,1-2H3/b8-7+,17-15+;;. The lowest BCUT2D eigenvalue weighted by Crippen LogP contribution is -2.43. The number of aliphatic imine (C=N–C) groups is 1. The third-order valence-corrected chi connectivity index (χ3v) is 5.03. The minimum Gasteiger partial charge on any atom is -0.372 e. The van der Waals surface area contributed by atoms with Crippen LogP contribution in [0.15, 0.2) is 40.3 Å². The van der Waals surface area contributed by atoms with Crippen molar-refractivity contribution in [2.75, 3.05) is 26.2 Å². The Morgan fingerprint density at radius 2 is 1.72 bits per heavy atom. The highest BCUT2D eigenvalue weighted by molar-refractivity contribution is 6.05. The van der Waals surface area contributed by atoms with Gasteiger partial charge in [-0.2, -0.15) is 0 Å². The van der Waals surface area contributed by atoms with Crippen LogP contribution in [0.2, 0.25) is 0 Å². The Kier molecular flexibility index (Phi) is 16.4. The molecule has 2 heterocycles. The quantitative estimate of drug-likeness (QED) is 0.550. The van der Waals surface area contributed by atoms with Gasteiger partial charge in [0, 0.05) is 43.6 Å². The molecule has 2 aliphatic rings. The molecule has 0 radical (unpaired) electrons. The Balaban J connectivity index is 0.000000975. The molecule has 29 heavy (non-hydrogen) atoms. The number of piperazine rings is 1. The SMILES string of the molecule is CC/C=C/NC1=NC=C(C(C)CC)/C1=C(/C)N1CCNCC1.CCC.CCCC. The number of rotatable bonds is 6.